The van der Waals surface area contributed by atoms with E-state index in [2.05, 4.69) is 5.32 Å². The van der Waals surface area contributed by atoms with Gasteiger partial charge in [-0.15, -0.1) is 11.8 Å². The molecule has 0 radical (unpaired) electrons. The van der Waals surface area contributed by atoms with Gasteiger partial charge >= 0.3 is 5.97 Å². The molecule has 2 amide bonds. The third kappa shape index (κ3) is 4.83. The number of rotatable bonds is 6. The summed E-state index contributed by atoms with van der Waals surface area (Å²) in [6.07, 6.45) is -1.09. The van der Waals surface area contributed by atoms with E-state index in [1.54, 1.807) is 48.5 Å². The molecule has 0 saturated carbocycles. The Morgan fingerprint density at radius 3 is 2.59 bits per heavy atom. The largest absolute Gasteiger partial charge is 0.449 e. The maximum Gasteiger partial charge on any atom is 0.340 e. The molecule has 7 nitrogen and oxygen atoms in total. The van der Waals surface area contributed by atoms with Crippen LogP contribution >= 0.6 is 11.8 Å². The molecule has 1 N–H and O–H groups in total. The number of para-hydroxylation sites is 2. The second-order valence-electron chi connectivity index (χ2n) is 6.52. The van der Waals surface area contributed by atoms with Gasteiger partial charge in [-0.2, -0.15) is 0 Å². The second-order valence-corrected chi connectivity index (χ2v) is 7.54. The Morgan fingerprint density at radius 2 is 1.83 bits per heavy atom. The molecule has 2 aromatic carbocycles. The summed E-state index contributed by atoms with van der Waals surface area (Å²) >= 11 is 1.24. The summed E-state index contributed by atoms with van der Waals surface area (Å²) in [5, 5.41) is 2.71. The van der Waals surface area contributed by atoms with Gasteiger partial charge in [0.15, 0.2) is 6.10 Å². The second kappa shape index (κ2) is 8.91. The minimum Gasteiger partial charge on any atom is -0.449 e. The van der Waals surface area contributed by atoms with Crippen molar-refractivity contribution in [3.8, 4) is 0 Å². The summed E-state index contributed by atoms with van der Waals surface area (Å²) in [6, 6.07) is 13.7. The average Bonchev–Trinajstić information content (AvgIpc) is 2.71. The SMILES string of the molecule is CC(=O)CSc1ccccc1C(=O)O[C@@H](C)C(=O)N1CC(=O)Nc2ccccc21. The molecule has 29 heavy (non-hydrogen) atoms. The molecule has 0 aromatic heterocycles. The highest BCUT2D eigenvalue weighted by atomic mass is 32.2. The number of ketones is 1. The molecule has 1 aliphatic rings. The zero-order valence-corrected chi connectivity index (χ0v) is 16.8. The number of benzene rings is 2. The normalized spacial score (nSPS) is 13.9. The van der Waals surface area contributed by atoms with Crippen LogP contribution in [0.4, 0.5) is 11.4 Å². The Bertz CT molecular complexity index is 975. The predicted molar refractivity (Wildman–Crippen MR) is 110 cm³/mol. The lowest BCUT2D eigenvalue weighted by atomic mass is 10.1. The van der Waals surface area contributed by atoms with Crippen LogP contribution in [0.2, 0.25) is 0 Å². The van der Waals surface area contributed by atoms with Crippen molar-refractivity contribution in [2.75, 3.05) is 22.5 Å². The third-order valence-corrected chi connectivity index (χ3v) is 5.42. The summed E-state index contributed by atoms with van der Waals surface area (Å²) in [5.74, 6) is -1.24. The predicted octanol–water partition coefficient (Wildman–Crippen LogP) is 2.90. The van der Waals surface area contributed by atoms with Crippen molar-refractivity contribution in [3.63, 3.8) is 0 Å². The highest BCUT2D eigenvalue weighted by molar-refractivity contribution is 8.00. The topological polar surface area (TPSA) is 92.8 Å². The Morgan fingerprint density at radius 1 is 1.14 bits per heavy atom. The molecule has 0 aliphatic carbocycles. The molecule has 1 aliphatic heterocycles. The molecular weight excluding hydrogens is 392 g/mol. The van der Waals surface area contributed by atoms with Crippen molar-refractivity contribution in [1.29, 1.82) is 0 Å². The van der Waals surface area contributed by atoms with Crippen LogP contribution < -0.4 is 10.2 Å². The van der Waals surface area contributed by atoms with Crippen molar-refractivity contribution in [2.24, 2.45) is 0 Å². The Labute approximate surface area is 172 Å². The molecule has 0 fully saturated rings. The molecule has 1 atom stereocenters. The lowest BCUT2D eigenvalue weighted by molar-refractivity contribution is -0.128. The number of ether oxygens (including phenoxy) is 1. The standard InChI is InChI=1S/C21H20N2O5S/c1-13(24)12-29-18-10-6-3-7-15(18)21(27)28-14(2)20(26)23-11-19(25)22-16-8-4-5-9-17(16)23/h3-10,14H,11-12H2,1-2H3,(H,22,25)/t14-/m0/s1. The van der Waals surface area contributed by atoms with Crippen molar-refractivity contribution in [2.45, 2.75) is 24.8 Å². The highest BCUT2D eigenvalue weighted by Crippen LogP contribution is 2.30. The summed E-state index contributed by atoms with van der Waals surface area (Å²) in [7, 11) is 0. The smallest absolute Gasteiger partial charge is 0.340 e. The summed E-state index contributed by atoms with van der Waals surface area (Å²) in [6.45, 7) is 2.80. The van der Waals surface area contributed by atoms with Crippen molar-refractivity contribution in [3.05, 3.63) is 54.1 Å². The Hall–Kier alpha value is -3.13. The van der Waals surface area contributed by atoms with E-state index < -0.39 is 18.0 Å². The number of nitrogens with one attached hydrogen (secondary N) is 1. The van der Waals surface area contributed by atoms with Gasteiger partial charge in [0, 0.05) is 4.90 Å². The lowest BCUT2D eigenvalue weighted by Gasteiger charge is -2.30. The molecule has 1 heterocycles. The quantitative estimate of drug-likeness (QED) is 0.579. The number of esters is 1. The molecule has 0 bridgehead atoms. The molecular formula is C21H20N2O5S. The zero-order valence-electron chi connectivity index (χ0n) is 16.0. The van der Waals surface area contributed by atoms with Gasteiger partial charge in [-0.05, 0) is 38.1 Å². The fraction of sp³-hybridized carbons (Fsp3) is 0.238. The number of Topliss-reactive ketones (excluding diaryl/α,β-unsaturated/α-hetero) is 1. The van der Waals surface area contributed by atoms with Crippen molar-refractivity contribution >= 4 is 46.7 Å². The summed E-state index contributed by atoms with van der Waals surface area (Å²) < 4.78 is 5.39. The maximum absolute atomic E-state index is 12.9. The van der Waals surface area contributed by atoms with Crippen molar-refractivity contribution < 1.29 is 23.9 Å². The maximum atomic E-state index is 12.9. The monoisotopic (exact) mass is 412 g/mol. The minimum absolute atomic E-state index is 0.0104. The van der Waals surface area contributed by atoms with Crippen LogP contribution in [0.3, 0.4) is 0 Å². The van der Waals surface area contributed by atoms with Gasteiger partial charge < -0.3 is 10.1 Å². The fourth-order valence-electron chi connectivity index (χ4n) is 2.86. The van der Waals surface area contributed by atoms with Crippen LogP contribution in [0.5, 0.6) is 0 Å². The van der Waals surface area contributed by atoms with E-state index in [0.717, 1.165) is 0 Å². The summed E-state index contributed by atoms with van der Waals surface area (Å²) in [4.78, 5) is 50.6. The van der Waals surface area contributed by atoms with Crippen LogP contribution in [0, 0.1) is 0 Å². The first kappa shape index (κ1) is 20.6. The number of hydrogen-bond donors (Lipinski definition) is 1. The molecule has 8 heteroatoms. The third-order valence-electron chi connectivity index (χ3n) is 4.21. The zero-order chi connectivity index (χ0) is 21.0. The lowest BCUT2D eigenvalue weighted by Crippen LogP contribution is -2.47. The molecule has 3 rings (SSSR count). The van der Waals surface area contributed by atoms with Crippen LogP contribution in [-0.2, 0) is 19.1 Å². The summed E-state index contributed by atoms with van der Waals surface area (Å²) in [5.41, 5.74) is 1.37. The number of anilines is 2. The number of amides is 2. The minimum atomic E-state index is -1.09. The van der Waals surface area contributed by atoms with Crippen molar-refractivity contribution in [1.82, 2.24) is 0 Å². The number of thioether (sulfide) groups is 1. The van der Waals surface area contributed by atoms with E-state index in [0.29, 0.717) is 16.3 Å². The van der Waals surface area contributed by atoms with Crippen LogP contribution in [0.15, 0.2) is 53.4 Å². The molecule has 150 valence electrons. The van der Waals surface area contributed by atoms with Gasteiger partial charge in [0.1, 0.15) is 12.3 Å². The Balaban J connectivity index is 1.75. The van der Waals surface area contributed by atoms with Gasteiger partial charge in [0.25, 0.3) is 5.91 Å². The van der Waals surface area contributed by atoms with Crippen LogP contribution in [-0.4, -0.2) is 42.0 Å². The average molecular weight is 412 g/mol. The van der Waals surface area contributed by atoms with E-state index in [1.807, 2.05) is 0 Å². The van der Waals surface area contributed by atoms with Gasteiger partial charge in [-0.3, -0.25) is 19.3 Å². The highest BCUT2D eigenvalue weighted by Gasteiger charge is 2.31. The van der Waals surface area contributed by atoms with E-state index in [4.69, 9.17) is 4.74 Å². The van der Waals surface area contributed by atoms with Crippen LogP contribution in [0.1, 0.15) is 24.2 Å². The van der Waals surface area contributed by atoms with E-state index >= 15 is 0 Å². The number of fused-ring (bicyclic) bond motifs is 1. The molecule has 2 aromatic rings. The Kier molecular flexibility index (Phi) is 6.33. The van der Waals surface area contributed by atoms with Gasteiger partial charge in [0.05, 0.1) is 22.7 Å². The van der Waals surface area contributed by atoms with Gasteiger partial charge in [-0.25, -0.2) is 4.79 Å². The number of nitrogens with zero attached hydrogens (tertiary/aromatic N) is 1. The first-order chi connectivity index (χ1) is 13.9. The molecule has 0 spiro atoms. The number of carbonyl (C=O) groups excluding carboxylic acids is 4. The van der Waals surface area contributed by atoms with Gasteiger partial charge in [-0.1, -0.05) is 24.3 Å². The first-order valence-electron chi connectivity index (χ1n) is 8.99. The van der Waals surface area contributed by atoms with E-state index in [-0.39, 0.29) is 29.6 Å². The first-order valence-corrected chi connectivity index (χ1v) is 9.98. The van der Waals surface area contributed by atoms with E-state index in [1.165, 1.54) is 30.5 Å². The fourth-order valence-corrected chi connectivity index (χ4v) is 3.70. The molecule has 0 saturated heterocycles. The number of carbonyl (C=O) groups is 4. The van der Waals surface area contributed by atoms with Gasteiger partial charge in [0.2, 0.25) is 5.91 Å². The van der Waals surface area contributed by atoms with E-state index in [9.17, 15) is 19.2 Å². The number of hydrogen-bond acceptors (Lipinski definition) is 6. The van der Waals surface area contributed by atoms with Crippen LogP contribution in [0.25, 0.3) is 0 Å². The molecule has 0 unspecified atom stereocenters.